The van der Waals surface area contributed by atoms with Crippen LogP contribution in [0.25, 0.3) is 22.9 Å². The molecule has 2 nitrogen and oxygen atoms in total. The number of aromatic nitrogens is 1. The van der Waals surface area contributed by atoms with E-state index in [1.165, 1.54) is 27.8 Å². The van der Waals surface area contributed by atoms with Crippen LogP contribution in [0.3, 0.4) is 0 Å². The van der Waals surface area contributed by atoms with Crippen molar-refractivity contribution in [1.29, 1.82) is 0 Å². The molecule has 120 valence electrons. The predicted molar refractivity (Wildman–Crippen MR) is 102 cm³/mol. The molecule has 0 radical (unpaired) electrons. The van der Waals surface area contributed by atoms with Gasteiger partial charge in [-0.25, -0.2) is 0 Å². The van der Waals surface area contributed by atoms with Gasteiger partial charge < -0.3 is 4.74 Å². The van der Waals surface area contributed by atoms with Crippen molar-refractivity contribution in [2.75, 3.05) is 7.11 Å². The number of benzene rings is 2. The van der Waals surface area contributed by atoms with Crippen molar-refractivity contribution in [3.63, 3.8) is 0 Å². The molecule has 0 aliphatic heterocycles. The molecule has 0 spiro atoms. The lowest BCUT2D eigenvalue weighted by Gasteiger charge is -2.05. The molecule has 0 unspecified atom stereocenters. The van der Waals surface area contributed by atoms with Gasteiger partial charge >= 0.3 is 0 Å². The van der Waals surface area contributed by atoms with E-state index in [1.807, 2.05) is 24.4 Å². The monoisotopic (exact) mass is 335 g/mol. The Morgan fingerprint density at radius 3 is 2.46 bits per heavy atom. The summed E-state index contributed by atoms with van der Waals surface area (Å²) in [6.07, 6.45) is 4.09. The average Bonchev–Trinajstić information content (AvgIpc) is 2.89. The van der Waals surface area contributed by atoms with Crippen LogP contribution in [0.15, 0.2) is 60.8 Å². The lowest BCUT2D eigenvalue weighted by molar-refractivity contribution is 0.415. The Balaban J connectivity index is 0.00000169. The maximum Gasteiger partial charge on any atom is 0.118 e. The number of fused-ring (bicyclic) bond motifs is 3. The molecular weight excluding hydrogens is 318 g/mol. The number of rotatable bonds is 2. The normalized spacial score (nSPS) is 13.2. The Morgan fingerprint density at radius 2 is 1.71 bits per heavy atom. The number of ether oxygens (including phenoxy) is 1. The number of hydrogen-bond donors (Lipinski definition) is 0. The molecule has 1 aromatic heterocycles. The van der Waals surface area contributed by atoms with Crippen LogP contribution in [-0.2, 0) is 0 Å². The summed E-state index contributed by atoms with van der Waals surface area (Å²) >= 11 is 0. The first-order valence-electron chi connectivity index (χ1n) is 7.69. The summed E-state index contributed by atoms with van der Waals surface area (Å²) in [6, 6.07) is 18.8. The number of pyridine rings is 1. The SMILES string of the molecule is COc1ccc(/C=C2/c3cc(C)ccc3-c3ncccc32)cc1.Cl. The predicted octanol–water partition coefficient (Wildman–Crippen LogP) is 5.39. The molecule has 1 aliphatic rings. The molecule has 3 aromatic rings. The fraction of sp³-hybridized carbons (Fsp3) is 0.0952. The number of halogens is 1. The second kappa shape index (κ2) is 6.50. The van der Waals surface area contributed by atoms with E-state index in [0.717, 1.165) is 17.0 Å². The first-order valence-corrected chi connectivity index (χ1v) is 7.69. The fourth-order valence-electron chi connectivity index (χ4n) is 3.09. The van der Waals surface area contributed by atoms with E-state index in [2.05, 4.69) is 54.4 Å². The Kier molecular flexibility index (Phi) is 4.41. The zero-order chi connectivity index (χ0) is 15.8. The third kappa shape index (κ3) is 2.70. The topological polar surface area (TPSA) is 22.1 Å². The van der Waals surface area contributed by atoms with Crippen molar-refractivity contribution in [3.8, 4) is 17.0 Å². The van der Waals surface area contributed by atoms with Crippen LogP contribution in [0.2, 0.25) is 0 Å². The van der Waals surface area contributed by atoms with Gasteiger partial charge in [0.1, 0.15) is 5.75 Å². The van der Waals surface area contributed by atoms with Crippen LogP contribution in [0, 0.1) is 6.92 Å². The molecule has 0 bridgehead atoms. The molecule has 24 heavy (non-hydrogen) atoms. The summed E-state index contributed by atoms with van der Waals surface area (Å²) in [4.78, 5) is 4.59. The van der Waals surface area contributed by atoms with Crippen LogP contribution in [0.4, 0.5) is 0 Å². The van der Waals surface area contributed by atoms with Gasteiger partial charge in [0.15, 0.2) is 0 Å². The van der Waals surface area contributed by atoms with Crippen LogP contribution in [-0.4, -0.2) is 12.1 Å². The van der Waals surface area contributed by atoms with Crippen molar-refractivity contribution >= 4 is 24.1 Å². The lowest BCUT2D eigenvalue weighted by atomic mass is 10.00. The molecule has 4 rings (SSSR count). The highest BCUT2D eigenvalue weighted by Crippen LogP contribution is 2.44. The Bertz CT molecular complexity index is 913. The highest BCUT2D eigenvalue weighted by Gasteiger charge is 2.24. The van der Waals surface area contributed by atoms with E-state index >= 15 is 0 Å². The average molecular weight is 336 g/mol. The van der Waals surface area contributed by atoms with E-state index in [4.69, 9.17) is 4.74 Å². The minimum absolute atomic E-state index is 0. The summed E-state index contributed by atoms with van der Waals surface area (Å²) < 4.78 is 5.24. The molecule has 0 fully saturated rings. The van der Waals surface area contributed by atoms with Crippen LogP contribution >= 0.6 is 12.4 Å². The number of aryl methyl sites for hydroxylation is 1. The Labute approximate surface area is 148 Å². The van der Waals surface area contributed by atoms with Crippen molar-refractivity contribution in [2.45, 2.75) is 6.92 Å². The third-order valence-corrected chi connectivity index (χ3v) is 4.25. The second-order valence-corrected chi connectivity index (χ2v) is 5.78. The fourth-order valence-corrected chi connectivity index (χ4v) is 3.09. The van der Waals surface area contributed by atoms with Crippen LogP contribution < -0.4 is 4.74 Å². The molecule has 0 N–H and O–H groups in total. The zero-order valence-corrected chi connectivity index (χ0v) is 14.4. The maximum absolute atomic E-state index is 5.24. The minimum Gasteiger partial charge on any atom is -0.497 e. The molecule has 3 heteroatoms. The summed E-state index contributed by atoms with van der Waals surface area (Å²) in [7, 11) is 1.69. The summed E-state index contributed by atoms with van der Waals surface area (Å²) in [5, 5.41) is 0. The first kappa shape index (κ1) is 16.3. The standard InChI is InChI=1S/C21H17NO.ClH/c1-14-5-10-18-19(12-14)20(17-4-3-11-22-21(17)18)13-15-6-8-16(23-2)9-7-15;/h3-13H,1-2H3;1H/b20-13+;. The molecule has 0 amide bonds. The van der Waals surface area contributed by atoms with E-state index in [0.29, 0.717) is 0 Å². The van der Waals surface area contributed by atoms with Gasteiger partial charge in [-0.15, -0.1) is 12.4 Å². The van der Waals surface area contributed by atoms with E-state index in [-0.39, 0.29) is 12.4 Å². The summed E-state index contributed by atoms with van der Waals surface area (Å²) in [5.74, 6) is 0.872. The van der Waals surface area contributed by atoms with Gasteiger partial charge in [-0.1, -0.05) is 42.0 Å². The van der Waals surface area contributed by atoms with Gasteiger partial charge in [0.2, 0.25) is 0 Å². The van der Waals surface area contributed by atoms with Gasteiger partial charge in [0.25, 0.3) is 0 Å². The first-order chi connectivity index (χ1) is 11.3. The zero-order valence-electron chi connectivity index (χ0n) is 13.6. The van der Waals surface area contributed by atoms with E-state index in [9.17, 15) is 0 Å². The highest BCUT2D eigenvalue weighted by atomic mass is 35.5. The number of hydrogen-bond acceptors (Lipinski definition) is 2. The summed E-state index contributed by atoms with van der Waals surface area (Å²) in [6.45, 7) is 2.13. The molecule has 0 saturated heterocycles. The maximum atomic E-state index is 5.24. The second-order valence-electron chi connectivity index (χ2n) is 5.78. The van der Waals surface area contributed by atoms with Gasteiger partial charge in [0, 0.05) is 17.3 Å². The highest BCUT2D eigenvalue weighted by molar-refractivity contribution is 6.05. The minimum atomic E-state index is 0. The van der Waals surface area contributed by atoms with Crippen molar-refractivity contribution in [2.24, 2.45) is 0 Å². The van der Waals surface area contributed by atoms with Gasteiger partial charge in [0.05, 0.1) is 12.8 Å². The lowest BCUT2D eigenvalue weighted by Crippen LogP contribution is -1.85. The molecule has 1 aliphatic carbocycles. The van der Waals surface area contributed by atoms with E-state index < -0.39 is 0 Å². The molecule has 0 saturated carbocycles. The Hall–Kier alpha value is -2.58. The van der Waals surface area contributed by atoms with Gasteiger partial charge in [-0.05, 0) is 47.9 Å². The quantitative estimate of drug-likeness (QED) is 0.490. The van der Waals surface area contributed by atoms with Crippen molar-refractivity contribution in [1.82, 2.24) is 4.98 Å². The molecule has 2 aromatic carbocycles. The third-order valence-electron chi connectivity index (χ3n) is 4.25. The number of methoxy groups -OCH3 is 1. The van der Waals surface area contributed by atoms with Crippen molar-refractivity contribution in [3.05, 3.63) is 83.0 Å². The molecular formula is C21H18ClNO. The largest absolute Gasteiger partial charge is 0.497 e. The number of nitrogens with zero attached hydrogens (tertiary/aromatic N) is 1. The van der Waals surface area contributed by atoms with E-state index in [1.54, 1.807) is 7.11 Å². The van der Waals surface area contributed by atoms with Crippen molar-refractivity contribution < 1.29 is 4.74 Å². The molecule has 1 heterocycles. The van der Waals surface area contributed by atoms with Crippen LogP contribution in [0.5, 0.6) is 5.75 Å². The van der Waals surface area contributed by atoms with Gasteiger partial charge in [-0.2, -0.15) is 0 Å². The molecule has 0 atom stereocenters. The summed E-state index contributed by atoms with van der Waals surface area (Å²) in [5.41, 5.74) is 8.39. The van der Waals surface area contributed by atoms with Gasteiger partial charge in [-0.3, -0.25) is 4.98 Å². The van der Waals surface area contributed by atoms with Crippen LogP contribution in [0.1, 0.15) is 22.3 Å². The Morgan fingerprint density at radius 1 is 0.917 bits per heavy atom. The smallest absolute Gasteiger partial charge is 0.118 e.